The Hall–Kier alpha value is -13.7. The number of ether oxygens (including phenoxy) is 1. The van der Waals surface area contributed by atoms with Crippen molar-refractivity contribution in [2.45, 2.75) is 62.2 Å². The molecule has 0 radical (unpaired) electrons. The van der Waals surface area contributed by atoms with Crippen LogP contribution in [0.15, 0.2) is 428 Å². The van der Waals surface area contributed by atoms with Gasteiger partial charge in [-0.25, -0.2) is 0 Å². The Bertz CT molecular complexity index is 7200. The molecule has 1 heterocycles. The van der Waals surface area contributed by atoms with Crippen molar-refractivity contribution in [3.8, 4) is 112 Å². The fourth-order valence-corrected chi connectivity index (χ4v) is 15.9. The lowest BCUT2D eigenvalue weighted by molar-refractivity contribution is 0.481. The van der Waals surface area contributed by atoms with Crippen LogP contribution in [0.5, 0.6) is 11.5 Å². The predicted octanol–water partition coefficient (Wildman–Crippen LogP) is 32.0. The molecule has 6 bridgehead atoms. The first-order valence-corrected chi connectivity index (χ1v) is 39.2. The van der Waals surface area contributed by atoms with Gasteiger partial charge in [0.2, 0.25) is 0 Å². The fraction of sp³-hybridized carbons (Fsp3) is 0.0727. The fourth-order valence-electron chi connectivity index (χ4n) is 14.9. The first-order chi connectivity index (χ1) is 62.9. The molecule has 1 aliphatic rings. The van der Waals surface area contributed by atoms with E-state index in [1.165, 1.54) is 11.8 Å². The maximum Gasteiger partial charge on any atom is 0.131 e. The van der Waals surface area contributed by atoms with Gasteiger partial charge in [0.15, 0.2) is 0 Å². The van der Waals surface area contributed by atoms with Crippen LogP contribution in [0.1, 0.15) is 74.6 Å². The van der Waals surface area contributed by atoms with Crippen LogP contribution in [0.25, 0.3) is 100 Å². The average Bonchev–Trinajstić information content (AvgIpc) is 0.719. The first kappa shape index (κ1) is 56.5. The summed E-state index contributed by atoms with van der Waals surface area (Å²) in [4.78, 5) is 6.40. The van der Waals surface area contributed by atoms with E-state index in [1.54, 1.807) is 23.1 Å². The Balaban J connectivity index is 1.07. The van der Waals surface area contributed by atoms with Crippen molar-refractivity contribution < 1.29 is 26.7 Å². The Kier molecular flexibility index (Phi) is 15.5. The maximum absolute atomic E-state index is 12.1. The van der Waals surface area contributed by atoms with Crippen LogP contribution in [-0.4, -0.2) is 0 Å². The van der Waals surface area contributed by atoms with Gasteiger partial charge < -0.3 is 19.4 Å². The topological polar surface area (TPSA) is 19.0 Å². The summed E-state index contributed by atoms with van der Waals surface area (Å²) in [5.74, 6) is -0.0378. The molecule has 0 spiro atoms. The van der Waals surface area contributed by atoms with Gasteiger partial charge in [-0.05, 0) is 185 Å². The van der Waals surface area contributed by atoms with Crippen molar-refractivity contribution in [1.82, 2.24) is 0 Å². The summed E-state index contributed by atoms with van der Waals surface area (Å²) in [7, 11) is 0. The van der Waals surface area contributed by atoms with Crippen LogP contribution < -0.4 is 19.4 Å². The molecule has 0 atom stereocenters. The van der Waals surface area contributed by atoms with Crippen LogP contribution in [0.4, 0.5) is 51.2 Å². The summed E-state index contributed by atoms with van der Waals surface area (Å²) in [5, 5.41) is 0. The molecule has 1 aliphatic heterocycles. The summed E-state index contributed by atoms with van der Waals surface area (Å²) in [6.07, 6.45) is 0. The predicted molar refractivity (Wildman–Crippen MR) is 487 cm³/mol. The van der Waals surface area contributed by atoms with E-state index in [9.17, 15) is 17.8 Å². The first-order valence-electron chi connectivity index (χ1n) is 46.4. The summed E-state index contributed by atoms with van der Waals surface area (Å²) in [6, 6.07) is 93.6. The highest BCUT2D eigenvalue weighted by molar-refractivity contribution is 7.99. The second-order valence-corrected chi connectivity index (χ2v) is 31.5. The van der Waals surface area contributed by atoms with Gasteiger partial charge in [-0.15, -0.1) is 0 Å². The second kappa shape index (κ2) is 31.5. The molecule has 0 saturated heterocycles. The number of rotatable bonds is 16. The van der Waals surface area contributed by atoms with Crippen molar-refractivity contribution in [3.05, 3.63) is 429 Å². The van der Waals surface area contributed by atoms with Crippen LogP contribution in [-0.2, 0) is 10.8 Å². The molecule has 4 nitrogen and oxygen atoms in total. The van der Waals surface area contributed by atoms with Gasteiger partial charge in [0, 0.05) is 72.5 Å². The third kappa shape index (κ3) is 15.2. The lowest BCUT2D eigenvalue weighted by Crippen LogP contribution is -2.20. The van der Waals surface area contributed by atoms with E-state index in [1.807, 2.05) is 295 Å². The van der Waals surface area contributed by atoms with Crippen LogP contribution in [0.3, 0.4) is 0 Å². The van der Waals surface area contributed by atoms with Crippen molar-refractivity contribution in [2.75, 3.05) is 14.7 Å². The third-order valence-corrected chi connectivity index (χ3v) is 21.6. The molecule has 18 rings (SSSR count). The summed E-state index contributed by atoms with van der Waals surface area (Å²) >= 11 is 1.21. The maximum atomic E-state index is 12.1. The zero-order valence-electron chi connectivity index (χ0n) is 80.3. The molecule has 0 unspecified atom stereocenters. The molecule has 554 valence electrons. The molecule has 0 amide bonds. The highest BCUT2D eigenvalue weighted by Gasteiger charge is 2.33. The number of anilines is 9. The number of hydrogen-bond donors (Lipinski definition) is 0. The van der Waals surface area contributed by atoms with Crippen molar-refractivity contribution >= 4 is 62.9 Å². The monoisotopic (exact) mass is 1510 g/mol. The van der Waals surface area contributed by atoms with E-state index in [0.717, 1.165) is 22.3 Å². The molecule has 0 N–H and O–H groups in total. The lowest BCUT2D eigenvalue weighted by Gasteiger charge is -2.36. The Labute approximate surface area is 703 Å². The number of fused-ring (bicyclic) bond motifs is 6. The summed E-state index contributed by atoms with van der Waals surface area (Å²) in [5.41, 5.74) is 9.94. The molecule has 115 heavy (non-hydrogen) atoms. The molecule has 0 fully saturated rings. The van der Waals surface area contributed by atoms with Gasteiger partial charge in [0.25, 0.3) is 0 Å². The molecule has 17 aromatic carbocycles. The van der Waals surface area contributed by atoms with E-state index in [-0.39, 0.29) is 93.4 Å². The molecule has 0 saturated carbocycles. The van der Waals surface area contributed by atoms with Crippen molar-refractivity contribution in [2.24, 2.45) is 0 Å². The van der Waals surface area contributed by atoms with Gasteiger partial charge in [-0.1, -0.05) is 369 Å². The quantitative estimate of drug-likeness (QED) is 0.0957. The highest BCUT2D eigenvalue weighted by atomic mass is 32.2. The van der Waals surface area contributed by atoms with Crippen molar-refractivity contribution in [1.29, 1.82) is 0 Å². The van der Waals surface area contributed by atoms with Crippen molar-refractivity contribution in [3.63, 3.8) is 0 Å². The van der Waals surface area contributed by atoms with Crippen LogP contribution in [0.2, 0.25) is 0 Å². The number of hydrogen-bond acceptors (Lipinski definition) is 5. The highest BCUT2D eigenvalue weighted by Crippen LogP contribution is 2.56. The average molecular weight is 1520 g/mol. The number of nitrogens with zero attached hydrogens (tertiary/aromatic N) is 3. The third-order valence-electron chi connectivity index (χ3n) is 20.7. The lowest BCUT2D eigenvalue weighted by atomic mass is 9.81. The van der Waals surface area contributed by atoms with E-state index < -0.39 is 76.3 Å². The van der Waals surface area contributed by atoms with E-state index in [0.29, 0.717) is 99.3 Å². The standard InChI is InChI=1S/C110H87N3OS/c1-109(2,3)88-66-92(70-93(67-88)112(90-55-34-54-85(62-90)76-36-16-7-17-37-76)108-103(83-50-30-14-31-51-83)68-89(110(4,5)6)69-104(108)84-52-32-15-33-53-84)111(105-65-86(77-38-18-8-19-39-77)58-60-99(105)79-42-22-10-23-43-79)94-71-95-73-97(72-94)114-96-59-61-100(80-44-24-11-25-45-80)106(75-96)115-98-64-87(78-40-20-9-21-41-78)63-91(74-98)113(95)107-101(81-46-26-12-27-47-81)56-35-57-102(107)82-48-28-13-29-49-82/h7-75H,1-6H3/i7D,16D,17D,34D,35D,36D,37D,54D,55D,56D,57D,59D,61D,62D,64D,71D. The molecular weight excluding hydrogens is 1410 g/mol. The van der Waals surface area contributed by atoms with Gasteiger partial charge in [0.1, 0.15) is 11.5 Å². The van der Waals surface area contributed by atoms with Gasteiger partial charge in [0.05, 0.1) is 50.4 Å². The molecule has 0 aromatic heterocycles. The SMILES string of the molecule is [2H]c1c2cc(cc1-c1ccccc1)N(c1c(-c3ccccc3)c([2H])c([2H])c([2H])c1-c1ccccc1)c1cc(cc(N(c3cc(N(c4c(-c5ccccc5)cc(C(C)(C)C)cc4-c4ccccc4)c4c([2H])c([2H])c([2H])c(-c5c([2H])c([2H])c([2H])c([2H])c5[2H])c4[2H])cc(C(C)(C)C)c3)c3cc(-c4ccccc4)ccc3-c3ccccc3)c1[2H])Oc1cc(c(-c3ccccc3)c([2H])c1[2H])S2. The largest absolute Gasteiger partial charge is 0.457 e. The second-order valence-electron chi connectivity index (χ2n) is 30.4. The Morgan fingerprint density at radius 3 is 1.30 bits per heavy atom. The smallest absolute Gasteiger partial charge is 0.131 e. The normalized spacial score (nSPS) is 13.9. The minimum absolute atomic E-state index is 0.0277. The molecular formula is C110H87N3OS. The zero-order valence-corrected chi connectivity index (χ0v) is 65.1. The molecule has 0 aliphatic carbocycles. The van der Waals surface area contributed by atoms with Crippen LogP contribution >= 0.6 is 11.8 Å². The minimum atomic E-state index is -0.884. The van der Waals surface area contributed by atoms with E-state index in [4.69, 9.17) is 8.85 Å². The van der Waals surface area contributed by atoms with Crippen LogP contribution in [0, 0.1) is 0 Å². The molecule has 17 aromatic rings. The van der Waals surface area contributed by atoms with E-state index in [2.05, 4.69) is 59.7 Å². The number of para-hydroxylation sites is 1. The van der Waals surface area contributed by atoms with Gasteiger partial charge in [-0.2, -0.15) is 0 Å². The van der Waals surface area contributed by atoms with E-state index >= 15 is 0 Å². The van der Waals surface area contributed by atoms with Gasteiger partial charge >= 0.3 is 0 Å². The molecule has 5 heteroatoms. The summed E-state index contributed by atoms with van der Waals surface area (Å²) < 4.78 is 170. The Morgan fingerprint density at radius 1 is 0.287 bits per heavy atom. The zero-order chi connectivity index (χ0) is 91.9. The Morgan fingerprint density at radius 2 is 0.757 bits per heavy atom. The minimum Gasteiger partial charge on any atom is -0.457 e. The number of benzene rings is 17. The summed E-state index contributed by atoms with van der Waals surface area (Å²) in [6.45, 7) is 12.5. The van der Waals surface area contributed by atoms with Gasteiger partial charge in [-0.3, -0.25) is 0 Å².